The van der Waals surface area contributed by atoms with Crippen molar-refractivity contribution in [3.63, 3.8) is 0 Å². The highest BCUT2D eigenvalue weighted by Crippen LogP contribution is 2.23. The van der Waals surface area contributed by atoms with Gasteiger partial charge in [0, 0.05) is 12.6 Å². The number of nitrogens with two attached hydrogens (primary N) is 1. The third-order valence-corrected chi connectivity index (χ3v) is 2.69. The third-order valence-electron chi connectivity index (χ3n) is 2.08. The number of imidazole rings is 1. The van der Waals surface area contributed by atoms with E-state index in [0.29, 0.717) is 21.3 Å². The molecule has 0 aliphatic heterocycles. The summed E-state index contributed by atoms with van der Waals surface area (Å²) in [6, 6.07) is 2.87. The summed E-state index contributed by atoms with van der Waals surface area (Å²) in [5, 5.41) is 9.44. The number of nitrogens with zero attached hydrogens (tertiary/aromatic N) is 1. The van der Waals surface area contributed by atoms with Crippen LogP contribution >= 0.6 is 15.9 Å². The number of hydrogen-bond acceptors (Lipinski definition) is 3. The number of nitrogens with one attached hydrogen (secondary N) is 1. The van der Waals surface area contributed by atoms with Gasteiger partial charge in [0.1, 0.15) is 17.7 Å². The van der Waals surface area contributed by atoms with E-state index in [-0.39, 0.29) is 12.4 Å². The standard InChI is InChI=1S/C9H9BrFN3O/c10-4-1-6-7(2-5(4)11)14-9(13-6)8(15)3-12/h1-2,8,15H,3,12H2,(H,13,14). The van der Waals surface area contributed by atoms with Gasteiger partial charge >= 0.3 is 0 Å². The van der Waals surface area contributed by atoms with Crippen molar-refractivity contribution >= 4 is 27.0 Å². The Morgan fingerprint density at radius 2 is 2.33 bits per heavy atom. The van der Waals surface area contributed by atoms with Crippen molar-refractivity contribution in [3.8, 4) is 0 Å². The van der Waals surface area contributed by atoms with Crippen LogP contribution in [0.15, 0.2) is 16.6 Å². The summed E-state index contributed by atoms with van der Waals surface area (Å²) in [5.41, 5.74) is 6.42. The molecule has 0 aliphatic carbocycles. The van der Waals surface area contributed by atoms with Crippen LogP contribution in [-0.2, 0) is 0 Å². The highest BCUT2D eigenvalue weighted by atomic mass is 79.9. The van der Waals surface area contributed by atoms with Crippen molar-refractivity contribution in [2.75, 3.05) is 6.54 Å². The molecule has 1 aromatic carbocycles. The zero-order valence-electron chi connectivity index (χ0n) is 7.67. The van der Waals surface area contributed by atoms with Gasteiger partial charge in [-0.1, -0.05) is 0 Å². The van der Waals surface area contributed by atoms with E-state index in [2.05, 4.69) is 25.9 Å². The second-order valence-corrected chi connectivity index (χ2v) is 4.01. The predicted octanol–water partition coefficient (Wildman–Crippen LogP) is 1.46. The first kappa shape index (κ1) is 10.5. The van der Waals surface area contributed by atoms with Crippen LogP contribution in [-0.4, -0.2) is 21.6 Å². The summed E-state index contributed by atoms with van der Waals surface area (Å²) < 4.78 is 13.5. The summed E-state index contributed by atoms with van der Waals surface area (Å²) >= 11 is 3.06. The molecule has 0 bridgehead atoms. The van der Waals surface area contributed by atoms with Crippen LogP contribution in [0.3, 0.4) is 0 Å². The fourth-order valence-corrected chi connectivity index (χ4v) is 1.63. The van der Waals surface area contributed by atoms with E-state index in [1.165, 1.54) is 6.07 Å². The predicted molar refractivity (Wildman–Crippen MR) is 57.8 cm³/mol. The number of fused-ring (bicyclic) bond motifs is 1. The fraction of sp³-hybridized carbons (Fsp3) is 0.222. The molecule has 0 radical (unpaired) electrons. The number of aromatic nitrogens is 2. The van der Waals surface area contributed by atoms with Gasteiger partial charge in [-0.2, -0.15) is 0 Å². The van der Waals surface area contributed by atoms with Crippen molar-refractivity contribution in [1.82, 2.24) is 9.97 Å². The molecule has 0 saturated heterocycles. The number of rotatable bonds is 2. The first-order valence-electron chi connectivity index (χ1n) is 4.34. The van der Waals surface area contributed by atoms with Gasteiger partial charge in [-0.15, -0.1) is 0 Å². The zero-order chi connectivity index (χ0) is 11.0. The van der Waals surface area contributed by atoms with E-state index < -0.39 is 6.10 Å². The van der Waals surface area contributed by atoms with Crippen molar-refractivity contribution in [2.45, 2.75) is 6.10 Å². The summed E-state index contributed by atoms with van der Waals surface area (Å²) in [6.45, 7) is 0.0729. The van der Waals surface area contributed by atoms with E-state index in [1.807, 2.05) is 0 Å². The molecule has 0 spiro atoms. The highest BCUT2D eigenvalue weighted by molar-refractivity contribution is 9.10. The number of benzene rings is 1. The molecule has 1 unspecified atom stereocenters. The fourth-order valence-electron chi connectivity index (χ4n) is 1.29. The lowest BCUT2D eigenvalue weighted by Crippen LogP contribution is -2.12. The molecule has 2 aromatic rings. The largest absolute Gasteiger partial charge is 0.384 e. The SMILES string of the molecule is NCC(O)c1nc2cc(Br)c(F)cc2[nH]1. The molecule has 4 N–H and O–H groups in total. The van der Waals surface area contributed by atoms with Crippen molar-refractivity contribution in [2.24, 2.45) is 5.73 Å². The normalized spacial score (nSPS) is 13.3. The van der Waals surface area contributed by atoms with E-state index in [1.54, 1.807) is 6.07 Å². The maximum atomic E-state index is 13.2. The van der Waals surface area contributed by atoms with Gasteiger partial charge in [0.15, 0.2) is 0 Å². The molecule has 1 aromatic heterocycles. The maximum absolute atomic E-state index is 13.2. The van der Waals surface area contributed by atoms with Crippen LogP contribution < -0.4 is 5.73 Å². The van der Waals surface area contributed by atoms with Gasteiger partial charge in [-0.05, 0) is 22.0 Å². The highest BCUT2D eigenvalue weighted by Gasteiger charge is 2.12. The summed E-state index contributed by atoms with van der Waals surface area (Å²) in [6.07, 6.45) is -0.848. The van der Waals surface area contributed by atoms with E-state index in [0.717, 1.165) is 0 Å². The molecule has 6 heteroatoms. The molecule has 0 fully saturated rings. The molecule has 1 heterocycles. The quantitative estimate of drug-likeness (QED) is 0.776. The second kappa shape index (κ2) is 3.88. The molecular weight excluding hydrogens is 265 g/mol. The topological polar surface area (TPSA) is 74.9 Å². The number of hydrogen-bond donors (Lipinski definition) is 3. The van der Waals surface area contributed by atoms with Crippen LogP contribution in [0.2, 0.25) is 0 Å². The number of H-pyrrole nitrogens is 1. The molecule has 2 rings (SSSR count). The van der Waals surface area contributed by atoms with Crippen molar-refractivity contribution in [1.29, 1.82) is 0 Å². The van der Waals surface area contributed by atoms with Gasteiger partial charge < -0.3 is 15.8 Å². The monoisotopic (exact) mass is 273 g/mol. The first-order valence-corrected chi connectivity index (χ1v) is 5.14. The molecule has 15 heavy (non-hydrogen) atoms. The average Bonchev–Trinajstić information content (AvgIpc) is 2.60. The van der Waals surface area contributed by atoms with Crippen molar-refractivity contribution in [3.05, 3.63) is 28.2 Å². The number of aromatic amines is 1. The van der Waals surface area contributed by atoms with Gasteiger partial charge in [-0.25, -0.2) is 9.37 Å². The third kappa shape index (κ3) is 1.88. The lowest BCUT2D eigenvalue weighted by atomic mass is 10.3. The van der Waals surface area contributed by atoms with E-state index in [9.17, 15) is 9.50 Å². The molecular formula is C9H9BrFN3O. The number of aliphatic hydroxyl groups is 1. The molecule has 0 amide bonds. The van der Waals surface area contributed by atoms with E-state index in [4.69, 9.17) is 5.73 Å². The Bertz CT molecular complexity index is 460. The van der Waals surface area contributed by atoms with Gasteiger partial charge in [0.05, 0.1) is 15.5 Å². The lowest BCUT2D eigenvalue weighted by Gasteiger charge is -2.00. The van der Waals surface area contributed by atoms with Crippen LogP contribution in [0.25, 0.3) is 11.0 Å². The minimum Gasteiger partial charge on any atom is -0.384 e. The van der Waals surface area contributed by atoms with E-state index >= 15 is 0 Å². The Hall–Kier alpha value is -0.980. The minimum atomic E-state index is -0.848. The Labute approximate surface area is 93.4 Å². The minimum absolute atomic E-state index is 0.0729. The van der Waals surface area contributed by atoms with Crippen molar-refractivity contribution < 1.29 is 9.50 Å². The van der Waals surface area contributed by atoms with Gasteiger partial charge in [0.2, 0.25) is 0 Å². The number of aliphatic hydroxyl groups excluding tert-OH is 1. The molecule has 80 valence electrons. The second-order valence-electron chi connectivity index (χ2n) is 3.16. The maximum Gasteiger partial charge on any atom is 0.139 e. The smallest absolute Gasteiger partial charge is 0.139 e. The molecule has 1 atom stereocenters. The Morgan fingerprint density at radius 1 is 1.60 bits per heavy atom. The van der Waals surface area contributed by atoms with Crippen LogP contribution in [0.4, 0.5) is 4.39 Å². The Balaban J connectivity index is 2.56. The summed E-state index contributed by atoms with van der Waals surface area (Å²) in [5.74, 6) is -0.0232. The van der Waals surface area contributed by atoms with Crippen LogP contribution in [0, 0.1) is 5.82 Å². The van der Waals surface area contributed by atoms with Gasteiger partial charge in [0.25, 0.3) is 0 Å². The summed E-state index contributed by atoms with van der Waals surface area (Å²) in [4.78, 5) is 6.92. The Kier molecular flexibility index (Phi) is 2.72. The Morgan fingerprint density at radius 3 is 3.00 bits per heavy atom. The average molecular weight is 274 g/mol. The molecule has 4 nitrogen and oxygen atoms in total. The van der Waals surface area contributed by atoms with Crippen LogP contribution in [0.5, 0.6) is 0 Å². The van der Waals surface area contributed by atoms with Crippen LogP contribution in [0.1, 0.15) is 11.9 Å². The number of halogens is 2. The zero-order valence-corrected chi connectivity index (χ0v) is 9.25. The lowest BCUT2D eigenvalue weighted by molar-refractivity contribution is 0.178. The van der Waals surface area contributed by atoms with Gasteiger partial charge in [-0.3, -0.25) is 0 Å². The molecule has 0 saturated carbocycles. The first-order chi connectivity index (χ1) is 7.11. The molecule has 0 aliphatic rings. The summed E-state index contributed by atoms with van der Waals surface area (Å²) in [7, 11) is 0.